The van der Waals surface area contributed by atoms with Crippen molar-refractivity contribution >= 4 is 24.0 Å². The van der Waals surface area contributed by atoms with E-state index in [9.17, 15) is 14.9 Å². The number of nitrogens with zero attached hydrogens (tertiary/aromatic N) is 1. The van der Waals surface area contributed by atoms with Gasteiger partial charge in [-0.3, -0.25) is 14.9 Å². The van der Waals surface area contributed by atoms with E-state index in [1.165, 1.54) is 6.07 Å². The number of hydrogen-bond donors (Lipinski definition) is 2. The van der Waals surface area contributed by atoms with Crippen LogP contribution >= 0.6 is 12.4 Å². The molecule has 1 unspecified atom stereocenters. The summed E-state index contributed by atoms with van der Waals surface area (Å²) in [6, 6.07) is 6.66. The Bertz CT molecular complexity index is 553. The van der Waals surface area contributed by atoms with Crippen LogP contribution in [-0.4, -0.2) is 23.4 Å². The number of halogens is 1. The Kier molecular flexibility index (Phi) is 7.45. The molecule has 7 heteroatoms. The maximum Gasteiger partial charge on any atom is 0.269 e. The summed E-state index contributed by atoms with van der Waals surface area (Å²) in [4.78, 5) is 22.9. The molecule has 1 amide bonds. The molecule has 1 aliphatic heterocycles. The summed E-state index contributed by atoms with van der Waals surface area (Å²) in [5.74, 6) is 0.0655. The largest absolute Gasteiger partial charge is 0.349 e. The van der Waals surface area contributed by atoms with Gasteiger partial charge in [-0.05, 0) is 38.3 Å². The highest BCUT2D eigenvalue weighted by atomic mass is 35.5. The van der Waals surface area contributed by atoms with Crippen molar-refractivity contribution in [3.05, 3.63) is 39.9 Å². The van der Waals surface area contributed by atoms with Gasteiger partial charge >= 0.3 is 0 Å². The summed E-state index contributed by atoms with van der Waals surface area (Å²) in [6.07, 6.45) is 2.37. The molecule has 1 heterocycles. The van der Waals surface area contributed by atoms with E-state index in [4.69, 9.17) is 0 Å². The molecule has 128 valence electrons. The Hall–Kier alpha value is -1.66. The Morgan fingerprint density at radius 1 is 1.52 bits per heavy atom. The van der Waals surface area contributed by atoms with Gasteiger partial charge in [0.15, 0.2) is 0 Å². The predicted molar refractivity (Wildman–Crippen MR) is 91.7 cm³/mol. The molecule has 3 atom stereocenters. The van der Waals surface area contributed by atoms with Gasteiger partial charge in [-0.1, -0.05) is 19.1 Å². The number of non-ortho nitro benzene ring substituents is 1. The van der Waals surface area contributed by atoms with Crippen LogP contribution in [0, 0.1) is 16.0 Å². The van der Waals surface area contributed by atoms with Crippen molar-refractivity contribution in [1.82, 2.24) is 10.6 Å². The molecule has 1 fully saturated rings. The lowest BCUT2D eigenvalue weighted by Crippen LogP contribution is -2.43. The molecular formula is C16H24ClN3O3. The van der Waals surface area contributed by atoms with Crippen molar-refractivity contribution < 1.29 is 9.72 Å². The normalized spacial score (nSPS) is 21.8. The predicted octanol–water partition coefficient (Wildman–Crippen LogP) is 2.97. The molecule has 0 saturated carbocycles. The number of benzene rings is 1. The number of hydrogen-bond acceptors (Lipinski definition) is 4. The number of amides is 1. The first kappa shape index (κ1) is 19.4. The van der Waals surface area contributed by atoms with Gasteiger partial charge < -0.3 is 10.6 Å². The zero-order chi connectivity index (χ0) is 16.1. The van der Waals surface area contributed by atoms with Gasteiger partial charge in [0, 0.05) is 24.1 Å². The number of piperidine rings is 1. The summed E-state index contributed by atoms with van der Waals surface area (Å²) >= 11 is 0. The van der Waals surface area contributed by atoms with Gasteiger partial charge in [-0.25, -0.2) is 0 Å². The maximum atomic E-state index is 12.4. The van der Waals surface area contributed by atoms with E-state index in [2.05, 4.69) is 17.6 Å². The minimum Gasteiger partial charge on any atom is -0.349 e. The van der Waals surface area contributed by atoms with Crippen molar-refractivity contribution in [1.29, 1.82) is 0 Å². The number of nitro benzene ring substituents is 1. The summed E-state index contributed by atoms with van der Waals surface area (Å²) < 4.78 is 0. The monoisotopic (exact) mass is 341 g/mol. The van der Waals surface area contributed by atoms with Gasteiger partial charge in [-0.2, -0.15) is 0 Å². The van der Waals surface area contributed by atoms with E-state index in [0.717, 1.165) is 24.9 Å². The highest BCUT2D eigenvalue weighted by Crippen LogP contribution is 2.23. The third-order valence-corrected chi connectivity index (χ3v) is 4.20. The van der Waals surface area contributed by atoms with E-state index < -0.39 is 4.92 Å². The zero-order valence-corrected chi connectivity index (χ0v) is 14.3. The molecule has 1 saturated heterocycles. The first-order chi connectivity index (χ1) is 10.5. The standard InChI is InChI=1S/C16H23N3O3.ClH/c1-3-15(12-5-4-6-14(10-12)19(21)22)18-16(20)13-7-8-17-11(2)9-13;/h4-6,10-11,13,15,17H,3,7-9H2,1-2H3,(H,18,20);1H/t11-,13-,15?;/m0./s1. The number of nitrogens with one attached hydrogen (secondary N) is 2. The Morgan fingerprint density at radius 3 is 2.87 bits per heavy atom. The number of carbonyl (C=O) groups excluding carboxylic acids is 1. The van der Waals surface area contributed by atoms with Crippen molar-refractivity contribution in [3.63, 3.8) is 0 Å². The second-order valence-electron chi connectivity index (χ2n) is 5.90. The SMILES string of the molecule is CCC(NC(=O)[C@H]1CCN[C@@H](C)C1)c1cccc([N+](=O)[O-])c1.Cl. The minimum absolute atomic E-state index is 0. The molecule has 6 nitrogen and oxygen atoms in total. The molecule has 1 aromatic rings. The van der Waals surface area contributed by atoms with Crippen molar-refractivity contribution in [2.45, 2.75) is 45.2 Å². The fraction of sp³-hybridized carbons (Fsp3) is 0.562. The van der Waals surface area contributed by atoms with Gasteiger partial charge in [-0.15, -0.1) is 12.4 Å². The molecule has 0 bridgehead atoms. The fourth-order valence-electron chi connectivity index (χ4n) is 2.94. The van der Waals surface area contributed by atoms with Crippen molar-refractivity contribution in [3.8, 4) is 0 Å². The van der Waals surface area contributed by atoms with Gasteiger partial charge in [0.05, 0.1) is 11.0 Å². The van der Waals surface area contributed by atoms with Crippen LogP contribution in [-0.2, 0) is 4.79 Å². The lowest BCUT2D eigenvalue weighted by Gasteiger charge is -2.28. The molecule has 1 aliphatic rings. The Morgan fingerprint density at radius 2 is 2.26 bits per heavy atom. The molecule has 0 aliphatic carbocycles. The Labute approximate surface area is 142 Å². The molecule has 23 heavy (non-hydrogen) atoms. The average molecular weight is 342 g/mol. The third-order valence-electron chi connectivity index (χ3n) is 4.20. The summed E-state index contributed by atoms with van der Waals surface area (Å²) in [7, 11) is 0. The summed E-state index contributed by atoms with van der Waals surface area (Å²) in [6.45, 7) is 4.90. The molecule has 2 rings (SSSR count). The lowest BCUT2D eigenvalue weighted by molar-refractivity contribution is -0.384. The number of rotatable bonds is 5. The maximum absolute atomic E-state index is 12.4. The molecule has 0 spiro atoms. The summed E-state index contributed by atoms with van der Waals surface area (Å²) in [5.41, 5.74) is 0.840. The molecule has 0 aromatic heterocycles. The van der Waals surface area contributed by atoms with E-state index in [-0.39, 0.29) is 36.0 Å². The fourth-order valence-corrected chi connectivity index (χ4v) is 2.94. The summed E-state index contributed by atoms with van der Waals surface area (Å²) in [5, 5.41) is 17.3. The highest BCUT2D eigenvalue weighted by Gasteiger charge is 2.26. The van der Waals surface area contributed by atoms with Gasteiger partial charge in [0.1, 0.15) is 0 Å². The van der Waals surface area contributed by atoms with Crippen LogP contribution in [0.3, 0.4) is 0 Å². The van der Waals surface area contributed by atoms with Crippen LogP contribution < -0.4 is 10.6 Å². The quantitative estimate of drug-likeness (QED) is 0.637. The average Bonchev–Trinajstić information content (AvgIpc) is 2.52. The van der Waals surface area contributed by atoms with Crippen LogP contribution in [0.2, 0.25) is 0 Å². The smallest absolute Gasteiger partial charge is 0.269 e. The molecule has 2 N–H and O–H groups in total. The van der Waals surface area contributed by atoms with E-state index >= 15 is 0 Å². The van der Waals surface area contributed by atoms with Crippen LogP contribution in [0.4, 0.5) is 5.69 Å². The second-order valence-corrected chi connectivity index (χ2v) is 5.90. The zero-order valence-electron chi connectivity index (χ0n) is 13.5. The Balaban J connectivity index is 0.00000264. The van der Waals surface area contributed by atoms with Crippen molar-refractivity contribution in [2.75, 3.05) is 6.54 Å². The first-order valence-electron chi connectivity index (χ1n) is 7.79. The number of nitro groups is 1. The first-order valence-corrected chi connectivity index (χ1v) is 7.79. The second kappa shape index (κ2) is 8.84. The third kappa shape index (κ3) is 5.18. The van der Waals surface area contributed by atoms with E-state index in [1.54, 1.807) is 12.1 Å². The van der Waals surface area contributed by atoms with Crippen LogP contribution in [0.1, 0.15) is 44.7 Å². The highest BCUT2D eigenvalue weighted by molar-refractivity contribution is 5.85. The van der Waals surface area contributed by atoms with Crippen LogP contribution in [0.25, 0.3) is 0 Å². The van der Waals surface area contributed by atoms with Crippen LogP contribution in [0.5, 0.6) is 0 Å². The van der Waals surface area contributed by atoms with Crippen LogP contribution in [0.15, 0.2) is 24.3 Å². The topological polar surface area (TPSA) is 84.3 Å². The van der Waals surface area contributed by atoms with E-state index in [0.29, 0.717) is 12.5 Å². The number of carbonyl (C=O) groups is 1. The van der Waals surface area contributed by atoms with Gasteiger partial charge in [0.2, 0.25) is 5.91 Å². The van der Waals surface area contributed by atoms with Gasteiger partial charge in [0.25, 0.3) is 5.69 Å². The lowest BCUT2D eigenvalue weighted by atomic mass is 9.91. The minimum atomic E-state index is -0.410. The molecular weight excluding hydrogens is 318 g/mol. The molecule has 1 aromatic carbocycles. The van der Waals surface area contributed by atoms with E-state index in [1.807, 2.05) is 13.0 Å². The van der Waals surface area contributed by atoms with Crippen molar-refractivity contribution in [2.24, 2.45) is 5.92 Å². The molecule has 0 radical (unpaired) electrons.